The van der Waals surface area contributed by atoms with Gasteiger partial charge in [-0.15, -0.1) is 11.8 Å². The van der Waals surface area contributed by atoms with Gasteiger partial charge in [-0.2, -0.15) is 11.8 Å². The van der Waals surface area contributed by atoms with E-state index in [2.05, 4.69) is 30.3 Å². The minimum atomic E-state index is 0.161. The number of anilines is 1. The topological polar surface area (TPSA) is 61.8 Å². The lowest BCUT2D eigenvalue weighted by Crippen LogP contribution is -2.32. The van der Waals surface area contributed by atoms with Crippen molar-refractivity contribution in [2.24, 2.45) is 10.9 Å². The highest BCUT2D eigenvalue weighted by molar-refractivity contribution is 7.98. The molecule has 1 unspecified atom stereocenters. The second-order valence-corrected chi connectivity index (χ2v) is 6.41. The molecule has 0 aliphatic carbocycles. The van der Waals surface area contributed by atoms with E-state index < -0.39 is 0 Å². The normalized spacial score (nSPS) is 13.3. The zero-order valence-electron chi connectivity index (χ0n) is 12.5. The van der Waals surface area contributed by atoms with Gasteiger partial charge in [-0.1, -0.05) is 11.2 Å². The number of amidine groups is 1. The number of hydrogen-bond donors (Lipinski definition) is 2. The van der Waals surface area contributed by atoms with Crippen molar-refractivity contribution in [2.75, 3.05) is 30.2 Å². The molecule has 1 atom stereocenters. The predicted molar refractivity (Wildman–Crippen MR) is 91.6 cm³/mol. The Morgan fingerprint density at radius 3 is 2.70 bits per heavy atom. The fourth-order valence-electron chi connectivity index (χ4n) is 2.01. The molecule has 3 N–H and O–H groups in total. The monoisotopic (exact) mass is 313 g/mol. The first kappa shape index (κ1) is 17.0. The average molecular weight is 313 g/mol. The molecule has 0 fully saturated rings. The van der Waals surface area contributed by atoms with Crippen LogP contribution in [0.3, 0.4) is 0 Å². The van der Waals surface area contributed by atoms with Crippen LogP contribution in [0.25, 0.3) is 0 Å². The number of benzene rings is 1. The third-order valence-corrected chi connectivity index (χ3v) is 4.79. The molecule has 0 aromatic heterocycles. The Kier molecular flexibility index (Phi) is 7.09. The molecule has 0 saturated carbocycles. The predicted octanol–water partition coefficient (Wildman–Crippen LogP) is 3.08. The van der Waals surface area contributed by atoms with Crippen LogP contribution >= 0.6 is 23.5 Å². The highest BCUT2D eigenvalue weighted by Crippen LogP contribution is 2.30. The van der Waals surface area contributed by atoms with Crippen LogP contribution in [0.4, 0.5) is 5.69 Å². The van der Waals surface area contributed by atoms with Crippen LogP contribution in [0.5, 0.6) is 0 Å². The number of oxime groups is 1. The van der Waals surface area contributed by atoms with Crippen molar-refractivity contribution in [3.63, 3.8) is 0 Å². The van der Waals surface area contributed by atoms with Crippen LogP contribution in [-0.4, -0.2) is 42.4 Å². The quantitative estimate of drug-likeness (QED) is 0.266. The Morgan fingerprint density at radius 2 is 2.15 bits per heavy atom. The van der Waals surface area contributed by atoms with Gasteiger partial charge in [0, 0.05) is 23.7 Å². The fraction of sp³-hybridized carbons (Fsp3) is 0.500. The van der Waals surface area contributed by atoms with Crippen LogP contribution < -0.4 is 10.6 Å². The lowest BCUT2D eigenvalue weighted by Gasteiger charge is -2.29. The van der Waals surface area contributed by atoms with Gasteiger partial charge in [0.25, 0.3) is 0 Å². The Balaban J connectivity index is 3.16. The Morgan fingerprint density at radius 1 is 1.45 bits per heavy atom. The van der Waals surface area contributed by atoms with Crippen molar-refractivity contribution in [1.82, 2.24) is 0 Å². The van der Waals surface area contributed by atoms with E-state index in [1.165, 1.54) is 0 Å². The van der Waals surface area contributed by atoms with Gasteiger partial charge in [-0.05, 0) is 43.7 Å². The summed E-state index contributed by atoms with van der Waals surface area (Å²) in [5.74, 6) is 1.28. The second-order valence-electron chi connectivity index (χ2n) is 4.58. The van der Waals surface area contributed by atoms with Gasteiger partial charge >= 0.3 is 0 Å². The van der Waals surface area contributed by atoms with Gasteiger partial charge < -0.3 is 15.8 Å². The van der Waals surface area contributed by atoms with Crippen LogP contribution in [0.1, 0.15) is 18.9 Å². The maximum Gasteiger partial charge on any atom is 0.173 e. The van der Waals surface area contributed by atoms with Gasteiger partial charge in [0.15, 0.2) is 5.84 Å². The van der Waals surface area contributed by atoms with Crippen molar-refractivity contribution >= 4 is 35.0 Å². The summed E-state index contributed by atoms with van der Waals surface area (Å²) in [5, 5.41) is 12.2. The van der Waals surface area contributed by atoms with E-state index in [-0.39, 0.29) is 5.84 Å². The molecule has 0 radical (unpaired) electrons. The van der Waals surface area contributed by atoms with Gasteiger partial charge in [-0.25, -0.2) is 0 Å². The Hall–Kier alpha value is -1.01. The van der Waals surface area contributed by atoms with Crippen molar-refractivity contribution in [2.45, 2.75) is 24.3 Å². The first-order valence-electron chi connectivity index (χ1n) is 6.43. The Labute approximate surface area is 129 Å². The molecule has 0 spiro atoms. The first-order valence-corrected chi connectivity index (χ1v) is 9.05. The van der Waals surface area contributed by atoms with E-state index in [9.17, 15) is 0 Å². The summed E-state index contributed by atoms with van der Waals surface area (Å²) in [6.45, 7) is 2.19. The molecule has 1 aromatic rings. The molecular formula is C14H23N3OS2. The molecule has 0 aliphatic heterocycles. The minimum Gasteiger partial charge on any atom is -0.409 e. The summed E-state index contributed by atoms with van der Waals surface area (Å²) in [5.41, 5.74) is 7.67. The van der Waals surface area contributed by atoms with Gasteiger partial charge in [0.05, 0.1) is 5.56 Å². The van der Waals surface area contributed by atoms with E-state index in [0.29, 0.717) is 6.04 Å². The summed E-state index contributed by atoms with van der Waals surface area (Å²) >= 11 is 3.44. The number of nitrogens with zero attached hydrogens (tertiary/aromatic N) is 2. The smallest absolute Gasteiger partial charge is 0.173 e. The van der Waals surface area contributed by atoms with Crippen LogP contribution in [-0.2, 0) is 0 Å². The highest BCUT2D eigenvalue weighted by atomic mass is 32.2. The lowest BCUT2D eigenvalue weighted by atomic mass is 10.1. The minimum absolute atomic E-state index is 0.161. The number of hydrogen-bond acceptors (Lipinski definition) is 5. The molecular weight excluding hydrogens is 290 g/mol. The fourth-order valence-corrected chi connectivity index (χ4v) is 3.22. The van der Waals surface area contributed by atoms with Crippen molar-refractivity contribution in [1.29, 1.82) is 0 Å². The zero-order chi connectivity index (χ0) is 15.1. The maximum atomic E-state index is 9.03. The maximum absolute atomic E-state index is 9.03. The number of rotatable bonds is 7. The van der Waals surface area contributed by atoms with Crippen molar-refractivity contribution in [3.05, 3.63) is 23.8 Å². The highest BCUT2D eigenvalue weighted by Gasteiger charge is 2.18. The van der Waals surface area contributed by atoms with E-state index in [4.69, 9.17) is 10.9 Å². The van der Waals surface area contributed by atoms with Crippen molar-refractivity contribution in [3.8, 4) is 0 Å². The first-order chi connectivity index (χ1) is 9.56. The molecule has 1 aromatic carbocycles. The molecule has 1 rings (SSSR count). The van der Waals surface area contributed by atoms with Crippen LogP contribution in [0, 0.1) is 0 Å². The molecule has 4 nitrogen and oxygen atoms in total. The summed E-state index contributed by atoms with van der Waals surface area (Å²) in [6, 6.07) is 6.40. The zero-order valence-corrected chi connectivity index (χ0v) is 14.1. The van der Waals surface area contributed by atoms with E-state index in [1.54, 1.807) is 11.8 Å². The van der Waals surface area contributed by atoms with E-state index in [0.717, 1.165) is 28.3 Å². The van der Waals surface area contributed by atoms with Gasteiger partial charge in [0.2, 0.25) is 0 Å². The summed E-state index contributed by atoms with van der Waals surface area (Å²) in [7, 11) is 2.05. The molecule has 0 amide bonds. The number of nitrogens with two attached hydrogens (primary N) is 1. The van der Waals surface area contributed by atoms with Gasteiger partial charge in [-0.3, -0.25) is 0 Å². The molecule has 20 heavy (non-hydrogen) atoms. The van der Waals surface area contributed by atoms with E-state index in [1.807, 2.05) is 36.2 Å². The summed E-state index contributed by atoms with van der Waals surface area (Å²) in [6.07, 6.45) is 5.20. The molecule has 0 heterocycles. The lowest BCUT2D eigenvalue weighted by molar-refractivity contribution is 0.318. The molecule has 0 bridgehead atoms. The van der Waals surface area contributed by atoms with Crippen LogP contribution in [0.2, 0.25) is 0 Å². The van der Waals surface area contributed by atoms with Crippen LogP contribution in [0.15, 0.2) is 28.3 Å². The third-order valence-electron chi connectivity index (χ3n) is 3.37. The summed E-state index contributed by atoms with van der Waals surface area (Å²) in [4.78, 5) is 3.21. The molecule has 112 valence electrons. The largest absolute Gasteiger partial charge is 0.409 e. The van der Waals surface area contributed by atoms with Gasteiger partial charge in [0.1, 0.15) is 0 Å². The average Bonchev–Trinajstić information content (AvgIpc) is 2.49. The third kappa shape index (κ3) is 3.99. The molecule has 6 heteroatoms. The number of thioether (sulfide) groups is 2. The SMILES string of the molecule is CSCCC(C)N(C)c1cccc(SC)c1/C(N)=N/O. The molecule has 0 saturated heterocycles. The summed E-state index contributed by atoms with van der Waals surface area (Å²) < 4.78 is 0. The standard InChI is InChI=1S/C14H23N3OS2/c1-10(8-9-19-3)17(2)11-6-5-7-12(20-4)13(11)14(15)16-18/h5-7,10,18H,8-9H2,1-4H3,(H2,15,16). The second kappa shape index (κ2) is 8.32. The Bertz CT molecular complexity index is 466. The molecule has 0 aliphatic rings. The van der Waals surface area contributed by atoms with E-state index >= 15 is 0 Å². The van der Waals surface area contributed by atoms with Crippen molar-refractivity contribution < 1.29 is 5.21 Å².